The zero-order valence-corrected chi connectivity index (χ0v) is 7.02. The lowest BCUT2D eigenvalue weighted by molar-refractivity contribution is 0.565. The molecule has 0 aliphatic heterocycles. The molecule has 14 heavy (non-hydrogen) atoms. The van der Waals surface area contributed by atoms with E-state index >= 15 is 0 Å². The molecule has 1 N–H and O–H groups in total. The molecule has 0 bridgehead atoms. The number of rotatable bonds is 1. The first kappa shape index (κ1) is 8.34. The maximum atomic E-state index is 11.3. The van der Waals surface area contributed by atoms with Crippen LogP contribution >= 0.6 is 0 Å². The van der Waals surface area contributed by atoms with Gasteiger partial charge in [0.05, 0.1) is 22.9 Å². The quantitative estimate of drug-likeness (QED) is 0.532. The molecule has 5 heteroatoms. The van der Waals surface area contributed by atoms with Crippen LogP contribution in [0.25, 0.3) is 10.9 Å². The number of isocyanates is 1. The first-order chi connectivity index (χ1) is 6.81. The van der Waals surface area contributed by atoms with Crippen LogP contribution in [0, 0.1) is 0 Å². The number of hydrogen-bond acceptors (Lipinski definition) is 4. The van der Waals surface area contributed by atoms with Crippen LogP contribution in [0.5, 0.6) is 0 Å². The van der Waals surface area contributed by atoms with Gasteiger partial charge in [0.1, 0.15) is 0 Å². The molecule has 0 saturated carbocycles. The number of H-pyrrole nitrogens is 1. The molecule has 1 heterocycles. The number of aliphatic imine (C=N–C) groups is 1. The van der Waals surface area contributed by atoms with Gasteiger partial charge in [-0.1, -0.05) is 0 Å². The van der Waals surface area contributed by atoms with E-state index in [0.717, 1.165) is 0 Å². The number of aromatic nitrogens is 2. The number of carbonyl (C=O) groups excluding carboxylic acids is 1. The smallest absolute Gasteiger partial charge is 0.258 e. The van der Waals surface area contributed by atoms with Crippen molar-refractivity contribution in [2.45, 2.75) is 0 Å². The lowest BCUT2D eigenvalue weighted by Crippen LogP contribution is -2.05. The van der Waals surface area contributed by atoms with Gasteiger partial charge in [-0.15, -0.1) is 0 Å². The lowest BCUT2D eigenvalue weighted by atomic mass is 10.2. The summed E-state index contributed by atoms with van der Waals surface area (Å²) in [6.07, 6.45) is 2.74. The van der Waals surface area contributed by atoms with E-state index in [1.54, 1.807) is 12.1 Å². The topological polar surface area (TPSA) is 75.2 Å². The Hall–Kier alpha value is -2.26. The Bertz CT molecular complexity index is 582. The van der Waals surface area contributed by atoms with Crippen LogP contribution in [0.3, 0.4) is 0 Å². The van der Waals surface area contributed by atoms with Crippen molar-refractivity contribution in [1.82, 2.24) is 9.97 Å². The Kier molecular flexibility index (Phi) is 1.93. The molecule has 0 unspecified atom stereocenters. The Morgan fingerprint density at radius 1 is 1.43 bits per heavy atom. The van der Waals surface area contributed by atoms with E-state index in [9.17, 15) is 9.59 Å². The van der Waals surface area contributed by atoms with Gasteiger partial charge in [-0.3, -0.25) is 4.79 Å². The van der Waals surface area contributed by atoms with E-state index in [0.29, 0.717) is 16.6 Å². The molecule has 1 aromatic heterocycles. The number of fused-ring (bicyclic) bond motifs is 1. The highest BCUT2D eigenvalue weighted by atomic mass is 16.1. The summed E-state index contributed by atoms with van der Waals surface area (Å²) in [5.74, 6) is 0. The third-order valence-corrected chi connectivity index (χ3v) is 1.80. The zero-order chi connectivity index (χ0) is 9.97. The molecule has 0 fully saturated rings. The van der Waals surface area contributed by atoms with Gasteiger partial charge in [-0.05, 0) is 18.2 Å². The Balaban J connectivity index is 2.82. The van der Waals surface area contributed by atoms with Gasteiger partial charge in [0.15, 0.2) is 0 Å². The molecule has 1 aromatic carbocycles. The summed E-state index contributed by atoms with van der Waals surface area (Å²) in [6.45, 7) is 0. The van der Waals surface area contributed by atoms with Crippen molar-refractivity contribution < 1.29 is 4.79 Å². The number of aromatic amines is 1. The monoisotopic (exact) mass is 187 g/mol. The number of nitrogens with one attached hydrogen (secondary N) is 1. The number of nitrogens with zero attached hydrogens (tertiary/aromatic N) is 2. The molecule has 5 nitrogen and oxygen atoms in total. The van der Waals surface area contributed by atoms with Gasteiger partial charge in [-0.25, -0.2) is 9.78 Å². The summed E-state index contributed by atoms with van der Waals surface area (Å²) < 4.78 is 0. The van der Waals surface area contributed by atoms with Crippen LogP contribution in [-0.2, 0) is 4.79 Å². The van der Waals surface area contributed by atoms with Crippen LogP contribution in [0.15, 0.2) is 34.3 Å². The molecular formula is C9H5N3O2. The maximum absolute atomic E-state index is 11.3. The van der Waals surface area contributed by atoms with Crippen molar-refractivity contribution in [2.75, 3.05) is 0 Å². The van der Waals surface area contributed by atoms with Gasteiger partial charge in [0.25, 0.3) is 5.56 Å². The highest BCUT2D eigenvalue weighted by Gasteiger charge is 1.99. The predicted octanol–water partition coefficient (Wildman–Crippen LogP) is 0.890. The molecule has 0 saturated heterocycles. The predicted molar refractivity (Wildman–Crippen MR) is 50.1 cm³/mol. The van der Waals surface area contributed by atoms with Crippen molar-refractivity contribution >= 4 is 22.7 Å². The standard InChI is InChI=1S/C9H5N3O2/c13-5-12-6-1-2-8-7(3-6)9(14)11-4-10-8/h1-4H,(H,10,11,14). The van der Waals surface area contributed by atoms with Crippen molar-refractivity contribution in [3.63, 3.8) is 0 Å². The molecule has 0 spiro atoms. The summed E-state index contributed by atoms with van der Waals surface area (Å²) in [5, 5.41) is 0.406. The highest BCUT2D eigenvalue weighted by Crippen LogP contribution is 2.15. The molecule has 0 aliphatic carbocycles. The van der Waals surface area contributed by atoms with Crippen molar-refractivity contribution in [2.24, 2.45) is 4.99 Å². The molecule has 2 rings (SSSR count). The Morgan fingerprint density at radius 3 is 3.07 bits per heavy atom. The van der Waals surface area contributed by atoms with Crippen LogP contribution < -0.4 is 5.56 Å². The van der Waals surface area contributed by atoms with E-state index in [4.69, 9.17) is 0 Å². The zero-order valence-electron chi connectivity index (χ0n) is 7.02. The third kappa shape index (κ3) is 1.32. The second-order valence-electron chi connectivity index (χ2n) is 2.64. The van der Waals surface area contributed by atoms with E-state index in [-0.39, 0.29) is 5.56 Å². The maximum Gasteiger partial charge on any atom is 0.258 e. The summed E-state index contributed by atoms with van der Waals surface area (Å²) >= 11 is 0. The van der Waals surface area contributed by atoms with Crippen molar-refractivity contribution in [1.29, 1.82) is 0 Å². The van der Waals surface area contributed by atoms with E-state index < -0.39 is 0 Å². The van der Waals surface area contributed by atoms with Crippen LogP contribution in [0.4, 0.5) is 5.69 Å². The van der Waals surface area contributed by atoms with Crippen LogP contribution in [0.1, 0.15) is 0 Å². The van der Waals surface area contributed by atoms with Gasteiger partial charge in [0, 0.05) is 0 Å². The lowest BCUT2D eigenvalue weighted by Gasteiger charge is -1.95. The van der Waals surface area contributed by atoms with E-state index in [2.05, 4.69) is 15.0 Å². The average Bonchev–Trinajstić information content (AvgIpc) is 2.20. The van der Waals surface area contributed by atoms with Crippen molar-refractivity contribution in [3.8, 4) is 0 Å². The van der Waals surface area contributed by atoms with Crippen LogP contribution in [-0.4, -0.2) is 16.0 Å². The summed E-state index contributed by atoms with van der Waals surface area (Å²) in [5.41, 5.74) is 0.711. The number of benzene rings is 1. The number of hydrogen-bond donors (Lipinski definition) is 1. The third-order valence-electron chi connectivity index (χ3n) is 1.80. The summed E-state index contributed by atoms with van der Waals surface area (Å²) in [6, 6.07) is 4.71. The first-order valence-corrected chi connectivity index (χ1v) is 3.86. The average molecular weight is 187 g/mol. The molecule has 68 valence electrons. The molecular weight excluding hydrogens is 182 g/mol. The largest absolute Gasteiger partial charge is 0.313 e. The molecule has 2 aromatic rings. The van der Waals surface area contributed by atoms with E-state index in [1.807, 2.05) is 0 Å². The minimum atomic E-state index is -0.252. The minimum Gasteiger partial charge on any atom is -0.313 e. The second kappa shape index (κ2) is 3.24. The Morgan fingerprint density at radius 2 is 2.29 bits per heavy atom. The van der Waals surface area contributed by atoms with E-state index in [1.165, 1.54) is 18.5 Å². The summed E-state index contributed by atoms with van der Waals surface area (Å²) in [4.78, 5) is 31.1. The molecule has 0 atom stereocenters. The SMILES string of the molecule is O=C=Nc1ccc2nc[nH]c(=O)c2c1. The van der Waals surface area contributed by atoms with Gasteiger partial charge < -0.3 is 4.98 Å². The van der Waals surface area contributed by atoms with Gasteiger partial charge in [-0.2, -0.15) is 4.99 Å². The van der Waals surface area contributed by atoms with Crippen LogP contribution in [0.2, 0.25) is 0 Å². The highest BCUT2D eigenvalue weighted by molar-refractivity contribution is 5.80. The molecule has 0 aliphatic rings. The molecule has 0 radical (unpaired) electrons. The van der Waals surface area contributed by atoms with Gasteiger partial charge >= 0.3 is 0 Å². The normalized spacial score (nSPS) is 9.71. The summed E-state index contributed by atoms with van der Waals surface area (Å²) in [7, 11) is 0. The second-order valence-corrected chi connectivity index (χ2v) is 2.64. The Labute approximate surface area is 78.1 Å². The molecule has 0 amide bonds. The van der Waals surface area contributed by atoms with Gasteiger partial charge in [0.2, 0.25) is 6.08 Å². The fourth-order valence-electron chi connectivity index (χ4n) is 1.18. The first-order valence-electron chi connectivity index (χ1n) is 3.86. The fourth-order valence-corrected chi connectivity index (χ4v) is 1.18. The van der Waals surface area contributed by atoms with Crippen molar-refractivity contribution in [3.05, 3.63) is 34.9 Å². The minimum absolute atomic E-state index is 0.252. The fraction of sp³-hybridized carbons (Fsp3) is 0.